The minimum atomic E-state index is -0.257. The number of halogens is 1. The molecular formula is C25H20FN5OS. The van der Waals surface area contributed by atoms with Gasteiger partial charge >= 0.3 is 0 Å². The van der Waals surface area contributed by atoms with Gasteiger partial charge in [-0.25, -0.2) is 4.39 Å². The molecule has 0 saturated heterocycles. The zero-order valence-corrected chi connectivity index (χ0v) is 18.5. The van der Waals surface area contributed by atoms with Crippen LogP contribution >= 0.6 is 11.8 Å². The lowest BCUT2D eigenvalue weighted by Gasteiger charge is -2.16. The van der Waals surface area contributed by atoms with Gasteiger partial charge in [0, 0.05) is 12.2 Å². The Labute approximate surface area is 193 Å². The first kappa shape index (κ1) is 20.0. The molecule has 5 aromatic rings. The average molecular weight is 458 g/mol. The number of aromatic nitrogens is 4. The minimum Gasteiger partial charge on any atom is -0.311 e. The SMILES string of the molecule is O=C(CSc1nnc2n(Cc3ccc(F)cc3)c3ccccc3n12)N1CCc2ccccc21. The van der Waals surface area contributed by atoms with Crippen LogP contribution in [0.1, 0.15) is 11.1 Å². The summed E-state index contributed by atoms with van der Waals surface area (Å²) in [6.45, 7) is 1.26. The summed E-state index contributed by atoms with van der Waals surface area (Å²) in [6.07, 6.45) is 0.888. The van der Waals surface area contributed by atoms with Gasteiger partial charge in [0.25, 0.3) is 0 Å². The maximum absolute atomic E-state index is 13.4. The molecular weight excluding hydrogens is 437 g/mol. The van der Waals surface area contributed by atoms with E-state index in [4.69, 9.17) is 0 Å². The van der Waals surface area contributed by atoms with Gasteiger partial charge in [-0.1, -0.05) is 54.2 Å². The quantitative estimate of drug-likeness (QED) is 0.363. The fraction of sp³-hybridized carbons (Fsp3) is 0.160. The van der Waals surface area contributed by atoms with E-state index in [0.29, 0.717) is 24.0 Å². The van der Waals surface area contributed by atoms with E-state index in [0.717, 1.165) is 28.7 Å². The number of anilines is 1. The molecule has 0 spiro atoms. The summed E-state index contributed by atoms with van der Waals surface area (Å²) < 4.78 is 17.4. The monoisotopic (exact) mass is 457 g/mol. The molecule has 0 bridgehead atoms. The van der Waals surface area contributed by atoms with Crippen LogP contribution in [-0.2, 0) is 17.8 Å². The number of para-hydroxylation sites is 3. The molecule has 1 amide bonds. The largest absolute Gasteiger partial charge is 0.311 e. The van der Waals surface area contributed by atoms with Crippen molar-refractivity contribution in [2.45, 2.75) is 18.1 Å². The lowest BCUT2D eigenvalue weighted by Crippen LogP contribution is -2.30. The lowest BCUT2D eigenvalue weighted by atomic mass is 10.2. The van der Waals surface area contributed by atoms with Crippen molar-refractivity contribution < 1.29 is 9.18 Å². The molecule has 0 N–H and O–H groups in total. The maximum atomic E-state index is 13.4. The van der Waals surface area contributed by atoms with Crippen LogP contribution in [0.4, 0.5) is 10.1 Å². The molecule has 33 heavy (non-hydrogen) atoms. The first-order chi connectivity index (χ1) is 16.2. The fourth-order valence-corrected chi connectivity index (χ4v) is 5.28. The average Bonchev–Trinajstić information content (AvgIpc) is 3.53. The number of hydrogen-bond donors (Lipinski definition) is 0. The molecule has 0 atom stereocenters. The third-order valence-corrected chi connectivity index (χ3v) is 6.95. The van der Waals surface area contributed by atoms with Crippen molar-refractivity contribution in [1.29, 1.82) is 0 Å². The second-order valence-electron chi connectivity index (χ2n) is 8.03. The molecule has 0 saturated carbocycles. The summed E-state index contributed by atoms with van der Waals surface area (Å²) >= 11 is 1.40. The third-order valence-electron chi connectivity index (χ3n) is 6.04. The first-order valence-electron chi connectivity index (χ1n) is 10.8. The van der Waals surface area contributed by atoms with Gasteiger partial charge in [-0.2, -0.15) is 0 Å². The van der Waals surface area contributed by atoms with Gasteiger partial charge in [0.1, 0.15) is 5.82 Å². The van der Waals surface area contributed by atoms with Crippen LogP contribution in [0.15, 0.2) is 78.0 Å². The van der Waals surface area contributed by atoms with Crippen LogP contribution in [0.25, 0.3) is 16.8 Å². The minimum absolute atomic E-state index is 0.0664. The molecule has 164 valence electrons. The Morgan fingerprint density at radius 3 is 2.55 bits per heavy atom. The number of hydrogen-bond acceptors (Lipinski definition) is 4. The highest BCUT2D eigenvalue weighted by atomic mass is 32.2. The Kier molecular flexibility index (Phi) is 4.87. The second-order valence-corrected chi connectivity index (χ2v) is 8.97. The van der Waals surface area contributed by atoms with E-state index in [2.05, 4.69) is 20.8 Å². The molecule has 0 fully saturated rings. The molecule has 6 nitrogen and oxygen atoms in total. The molecule has 0 radical (unpaired) electrons. The van der Waals surface area contributed by atoms with Crippen LogP contribution in [0.5, 0.6) is 0 Å². The fourth-order valence-electron chi connectivity index (χ4n) is 4.46. The number of carbonyl (C=O) groups is 1. The smallest absolute Gasteiger partial charge is 0.237 e. The molecule has 1 aliphatic heterocycles. The zero-order valence-electron chi connectivity index (χ0n) is 17.7. The zero-order chi connectivity index (χ0) is 22.4. The van der Waals surface area contributed by atoms with Crippen molar-refractivity contribution >= 4 is 40.2 Å². The summed E-state index contributed by atoms with van der Waals surface area (Å²) in [5.74, 6) is 0.790. The topological polar surface area (TPSA) is 55.4 Å². The number of benzene rings is 3. The number of imidazole rings is 1. The normalized spacial score (nSPS) is 13.2. The van der Waals surface area contributed by atoms with Gasteiger partial charge < -0.3 is 9.47 Å². The first-order valence-corrected chi connectivity index (χ1v) is 11.8. The van der Waals surface area contributed by atoms with Crippen molar-refractivity contribution in [3.8, 4) is 0 Å². The van der Waals surface area contributed by atoms with Crippen molar-refractivity contribution in [3.63, 3.8) is 0 Å². The van der Waals surface area contributed by atoms with Gasteiger partial charge in [0.15, 0.2) is 5.16 Å². The molecule has 0 unspecified atom stereocenters. The van der Waals surface area contributed by atoms with Gasteiger partial charge in [-0.05, 0) is 47.9 Å². The summed E-state index contributed by atoms with van der Waals surface area (Å²) in [7, 11) is 0. The molecule has 3 heterocycles. The van der Waals surface area contributed by atoms with Crippen LogP contribution in [-0.4, -0.2) is 37.4 Å². The Morgan fingerprint density at radius 2 is 1.70 bits per heavy atom. The number of rotatable bonds is 5. The summed E-state index contributed by atoms with van der Waals surface area (Å²) in [6, 6.07) is 22.6. The maximum Gasteiger partial charge on any atom is 0.237 e. The van der Waals surface area contributed by atoms with Crippen molar-refractivity contribution in [2.75, 3.05) is 17.2 Å². The van der Waals surface area contributed by atoms with Crippen LogP contribution in [0.3, 0.4) is 0 Å². The Hall–Kier alpha value is -3.65. The third kappa shape index (κ3) is 3.47. The Morgan fingerprint density at radius 1 is 0.939 bits per heavy atom. The van der Waals surface area contributed by atoms with Gasteiger partial charge in [0.05, 0.1) is 23.3 Å². The number of amides is 1. The van der Waals surface area contributed by atoms with E-state index in [1.165, 1.54) is 29.5 Å². The Bertz CT molecular complexity index is 1490. The van der Waals surface area contributed by atoms with E-state index in [9.17, 15) is 9.18 Å². The Balaban J connectivity index is 1.31. The summed E-state index contributed by atoms with van der Waals surface area (Å²) in [5.41, 5.74) is 5.17. The van der Waals surface area contributed by atoms with E-state index >= 15 is 0 Å². The highest BCUT2D eigenvalue weighted by molar-refractivity contribution is 7.99. The lowest BCUT2D eigenvalue weighted by molar-refractivity contribution is -0.116. The number of fused-ring (bicyclic) bond motifs is 4. The standard InChI is InChI=1S/C25H20FN5OS/c26-19-11-9-17(10-12-19)15-30-21-7-3-4-8-22(21)31-24(30)27-28-25(31)33-16-23(32)29-14-13-18-5-1-2-6-20(18)29/h1-12H,13-16H2. The van der Waals surface area contributed by atoms with Crippen LogP contribution in [0.2, 0.25) is 0 Å². The molecule has 0 aliphatic carbocycles. The molecule has 6 rings (SSSR count). The predicted molar refractivity (Wildman–Crippen MR) is 127 cm³/mol. The van der Waals surface area contributed by atoms with Crippen molar-refractivity contribution in [2.24, 2.45) is 0 Å². The van der Waals surface area contributed by atoms with Crippen molar-refractivity contribution in [1.82, 2.24) is 19.2 Å². The van der Waals surface area contributed by atoms with E-state index < -0.39 is 0 Å². The van der Waals surface area contributed by atoms with Gasteiger partial charge in [-0.15, -0.1) is 10.2 Å². The summed E-state index contributed by atoms with van der Waals surface area (Å²) in [5, 5.41) is 9.51. The predicted octanol–water partition coefficient (Wildman–Crippen LogP) is 4.55. The van der Waals surface area contributed by atoms with E-state index in [1.54, 1.807) is 12.1 Å². The molecule has 8 heteroatoms. The highest BCUT2D eigenvalue weighted by Gasteiger charge is 2.25. The van der Waals surface area contributed by atoms with E-state index in [1.807, 2.05) is 51.8 Å². The van der Waals surface area contributed by atoms with Crippen LogP contribution < -0.4 is 4.90 Å². The molecule has 3 aromatic carbocycles. The van der Waals surface area contributed by atoms with Gasteiger partial charge in [-0.3, -0.25) is 9.20 Å². The number of thioether (sulfide) groups is 1. The summed E-state index contributed by atoms with van der Waals surface area (Å²) in [4.78, 5) is 14.8. The molecule has 2 aromatic heterocycles. The second kappa shape index (κ2) is 8.04. The van der Waals surface area contributed by atoms with E-state index in [-0.39, 0.29) is 17.5 Å². The highest BCUT2D eigenvalue weighted by Crippen LogP contribution is 2.30. The van der Waals surface area contributed by atoms with Crippen LogP contribution in [0, 0.1) is 5.82 Å². The van der Waals surface area contributed by atoms with Crippen molar-refractivity contribution in [3.05, 3.63) is 89.7 Å². The van der Waals surface area contributed by atoms with Gasteiger partial charge in [0.2, 0.25) is 11.7 Å². The number of carbonyl (C=O) groups excluding carboxylic acids is 1. The molecule has 1 aliphatic rings. The number of nitrogens with zero attached hydrogens (tertiary/aromatic N) is 5.